The third-order valence-electron chi connectivity index (χ3n) is 3.97. The van der Waals surface area contributed by atoms with Crippen molar-refractivity contribution in [3.8, 4) is 0 Å². The number of anilines is 1. The highest BCUT2D eigenvalue weighted by Crippen LogP contribution is 2.27. The van der Waals surface area contributed by atoms with Gasteiger partial charge in [-0.05, 0) is 48.4 Å². The second kappa shape index (κ2) is 7.13. The Labute approximate surface area is 121 Å². The van der Waals surface area contributed by atoms with Gasteiger partial charge in [0.1, 0.15) is 0 Å². The maximum Gasteiger partial charge on any atom is 0.244 e. The Morgan fingerprint density at radius 2 is 2.10 bits per heavy atom. The average molecular weight is 272 g/mol. The highest BCUT2D eigenvalue weighted by atomic mass is 16.1. The third kappa shape index (κ3) is 4.72. The van der Waals surface area contributed by atoms with E-state index in [9.17, 15) is 4.79 Å². The van der Waals surface area contributed by atoms with E-state index in [0.717, 1.165) is 23.7 Å². The van der Waals surface area contributed by atoms with Gasteiger partial charge in [0.05, 0.1) is 0 Å². The smallest absolute Gasteiger partial charge is 0.244 e. The van der Waals surface area contributed by atoms with E-state index in [4.69, 9.17) is 5.73 Å². The number of nitrogens with two attached hydrogens (primary N) is 1. The second-order valence-electron chi connectivity index (χ2n) is 5.88. The van der Waals surface area contributed by atoms with Crippen molar-refractivity contribution in [2.75, 3.05) is 12.3 Å². The molecule has 1 amide bonds. The molecule has 1 aromatic rings. The molecule has 0 aliphatic heterocycles. The fourth-order valence-corrected chi connectivity index (χ4v) is 2.83. The molecule has 0 aromatic heterocycles. The molecule has 3 heteroatoms. The maximum absolute atomic E-state index is 11.8. The molecule has 1 fully saturated rings. The zero-order valence-electron chi connectivity index (χ0n) is 12.1. The van der Waals surface area contributed by atoms with Gasteiger partial charge in [0, 0.05) is 18.3 Å². The summed E-state index contributed by atoms with van der Waals surface area (Å²) in [5.41, 5.74) is 7.34. The number of nitrogens with one attached hydrogen (secondary N) is 1. The molecule has 0 spiro atoms. The van der Waals surface area contributed by atoms with Crippen molar-refractivity contribution in [3.63, 3.8) is 0 Å². The summed E-state index contributed by atoms with van der Waals surface area (Å²) in [5, 5.41) is 3.00. The van der Waals surface area contributed by atoms with Gasteiger partial charge in [0.2, 0.25) is 5.91 Å². The monoisotopic (exact) mass is 272 g/mol. The van der Waals surface area contributed by atoms with E-state index in [2.05, 4.69) is 12.2 Å². The van der Waals surface area contributed by atoms with Crippen LogP contribution in [0.25, 0.3) is 6.08 Å². The predicted octanol–water partition coefficient (Wildman–Crippen LogP) is 3.22. The molecule has 108 valence electrons. The fourth-order valence-electron chi connectivity index (χ4n) is 2.83. The van der Waals surface area contributed by atoms with Crippen molar-refractivity contribution in [3.05, 3.63) is 35.9 Å². The quantitative estimate of drug-likeness (QED) is 0.653. The lowest BCUT2D eigenvalue weighted by atomic mass is 9.82. The molecule has 1 aliphatic carbocycles. The summed E-state index contributed by atoms with van der Waals surface area (Å²) in [6.07, 6.45) is 8.52. The van der Waals surface area contributed by atoms with Gasteiger partial charge in [0.25, 0.3) is 0 Å². The first-order valence-corrected chi connectivity index (χ1v) is 7.45. The molecule has 1 saturated carbocycles. The molecular formula is C17H24N2O. The molecule has 0 bridgehead atoms. The van der Waals surface area contributed by atoms with Crippen LogP contribution in [-0.2, 0) is 4.79 Å². The van der Waals surface area contributed by atoms with Crippen LogP contribution >= 0.6 is 0 Å². The van der Waals surface area contributed by atoms with Crippen molar-refractivity contribution < 1.29 is 4.79 Å². The van der Waals surface area contributed by atoms with E-state index >= 15 is 0 Å². The fraction of sp³-hybridized carbons (Fsp3) is 0.471. The Kier molecular flexibility index (Phi) is 5.22. The summed E-state index contributed by atoms with van der Waals surface area (Å²) >= 11 is 0. The van der Waals surface area contributed by atoms with E-state index in [-0.39, 0.29) is 5.91 Å². The molecule has 0 heterocycles. The Morgan fingerprint density at radius 1 is 1.35 bits per heavy atom. The van der Waals surface area contributed by atoms with Gasteiger partial charge in [-0.25, -0.2) is 0 Å². The Morgan fingerprint density at radius 3 is 2.80 bits per heavy atom. The summed E-state index contributed by atoms with van der Waals surface area (Å²) in [4.78, 5) is 11.8. The molecule has 2 atom stereocenters. The normalized spacial score (nSPS) is 22.9. The van der Waals surface area contributed by atoms with Crippen molar-refractivity contribution >= 4 is 17.7 Å². The van der Waals surface area contributed by atoms with E-state index in [1.165, 1.54) is 25.7 Å². The number of rotatable bonds is 4. The molecule has 0 radical (unpaired) electrons. The first-order valence-electron chi connectivity index (χ1n) is 7.45. The van der Waals surface area contributed by atoms with E-state index in [1.807, 2.05) is 30.3 Å². The molecule has 2 unspecified atom stereocenters. The van der Waals surface area contributed by atoms with Crippen LogP contribution in [0.5, 0.6) is 0 Å². The summed E-state index contributed by atoms with van der Waals surface area (Å²) < 4.78 is 0. The number of hydrogen-bond donors (Lipinski definition) is 2. The minimum absolute atomic E-state index is 0.0138. The number of carbonyl (C=O) groups excluding carboxylic acids is 1. The van der Waals surface area contributed by atoms with Gasteiger partial charge in [-0.3, -0.25) is 4.79 Å². The van der Waals surface area contributed by atoms with Crippen molar-refractivity contribution in [1.82, 2.24) is 5.32 Å². The van der Waals surface area contributed by atoms with Gasteiger partial charge < -0.3 is 11.1 Å². The number of nitrogen functional groups attached to an aromatic ring is 1. The van der Waals surface area contributed by atoms with Crippen molar-refractivity contribution in [1.29, 1.82) is 0 Å². The van der Waals surface area contributed by atoms with Crippen molar-refractivity contribution in [2.24, 2.45) is 11.8 Å². The maximum atomic E-state index is 11.8. The molecule has 3 nitrogen and oxygen atoms in total. The van der Waals surface area contributed by atoms with Crippen LogP contribution in [0.1, 0.15) is 38.2 Å². The van der Waals surface area contributed by atoms with Crippen LogP contribution < -0.4 is 11.1 Å². The standard InChI is InChI=1S/C17H24N2O/c1-13-3-2-4-15(11-13)12-19-17(20)10-7-14-5-8-16(18)9-6-14/h5-10,13,15H,2-4,11-12,18H2,1H3,(H,19,20)/b10-7+. The summed E-state index contributed by atoms with van der Waals surface area (Å²) in [6.45, 7) is 3.10. The van der Waals surface area contributed by atoms with Gasteiger partial charge in [0.15, 0.2) is 0 Å². The van der Waals surface area contributed by atoms with Gasteiger partial charge >= 0.3 is 0 Å². The molecule has 0 saturated heterocycles. The van der Waals surface area contributed by atoms with Crippen LogP contribution in [-0.4, -0.2) is 12.5 Å². The number of benzene rings is 1. The number of carbonyl (C=O) groups is 1. The highest BCUT2D eigenvalue weighted by Gasteiger charge is 2.18. The van der Waals surface area contributed by atoms with Crippen LogP contribution in [0.3, 0.4) is 0 Å². The SMILES string of the molecule is CC1CCCC(CNC(=O)/C=C/c2ccc(N)cc2)C1. The minimum Gasteiger partial charge on any atom is -0.399 e. The zero-order valence-corrected chi connectivity index (χ0v) is 12.1. The first kappa shape index (κ1) is 14.6. The summed E-state index contributed by atoms with van der Waals surface area (Å²) in [5.74, 6) is 1.43. The Hall–Kier alpha value is -1.77. The first-order chi connectivity index (χ1) is 9.63. The van der Waals surface area contributed by atoms with Gasteiger partial charge in [-0.1, -0.05) is 31.9 Å². The summed E-state index contributed by atoms with van der Waals surface area (Å²) in [6, 6.07) is 7.48. The average Bonchev–Trinajstić information content (AvgIpc) is 2.45. The lowest BCUT2D eigenvalue weighted by Crippen LogP contribution is -2.30. The van der Waals surface area contributed by atoms with Gasteiger partial charge in [-0.15, -0.1) is 0 Å². The lowest BCUT2D eigenvalue weighted by molar-refractivity contribution is -0.116. The number of amides is 1. The summed E-state index contributed by atoms with van der Waals surface area (Å²) in [7, 11) is 0. The largest absolute Gasteiger partial charge is 0.399 e. The lowest BCUT2D eigenvalue weighted by Gasteiger charge is -2.26. The van der Waals surface area contributed by atoms with E-state index in [0.29, 0.717) is 5.92 Å². The Bertz CT molecular complexity index is 464. The molecule has 20 heavy (non-hydrogen) atoms. The molecule has 2 rings (SSSR count). The third-order valence-corrected chi connectivity index (χ3v) is 3.97. The minimum atomic E-state index is -0.0138. The molecule has 1 aliphatic rings. The van der Waals surface area contributed by atoms with Crippen LogP contribution in [0, 0.1) is 11.8 Å². The van der Waals surface area contributed by atoms with Crippen molar-refractivity contribution in [2.45, 2.75) is 32.6 Å². The van der Waals surface area contributed by atoms with E-state index < -0.39 is 0 Å². The van der Waals surface area contributed by atoms with Crippen LogP contribution in [0.4, 0.5) is 5.69 Å². The zero-order chi connectivity index (χ0) is 14.4. The molecule has 1 aromatic carbocycles. The predicted molar refractivity (Wildman–Crippen MR) is 84.0 cm³/mol. The second-order valence-corrected chi connectivity index (χ2v) is 5.88. The topological polar surface area (TPSA) is 55.1 Å². The van der Waals surface area contributed by atoms with Crippen LogP contribution in [0.2, 0.25) is 0 Å². The van der Waals surface area contributed by atoms with E-state index in [1.54, 1.807) is 6.08 Å². The van der Waals surface area contributed by atoms with Gasteiger partial charge in [-0.2, -0.15) is 0 Å². The molecular weight excluding hydrogens is 248 g/mol. The highest BCUT2D eigenvalue weighted by molar-refractivity contribution is 5.91. The Balaban J connectivity index is 1.76. The molecule has 3 N–H and O–H groups in total. The van der Waals surface area contributed by atoms with Crippen LogP contribution in [0.15, 0.2) is 30.3 Å². The number of hydrogen-bond acceptors (Lipinski definition) is 2.